The summed E-state index contributed by atoms with van der Waals surface area (Å²) in [5.41, 5.74) is 0.293. The third-order valence-electron chi connectivity index (χ3n) is 4.31. The van der Waals surface area contributed by atoms with Crippen LogP contribution in [0.2, 0.25) is 0 Å². The Kier molecular flexibility index (Phi) is 2.85. The summed E-state index contributed by atoms with van der Waals surface area (Å²) in [5, 5.41) is 19.0. The van der Waals surface area contributed by atoms with Crippen LogP contribution in [0.3, 0.4) is 0 Å². The molecule has 3 rings (SSSR count). The molecule has 0 radical (unpaired) electrons. The van der Waals surface area contributed by atoms with Gasteiger partial charge in [-0.05, 0) is 30.2 Å². The molecule has 0 aromatic heterocycles. The molecule has 3 atom stereocenters. The third-order valence-corrected chi connectivity index (χ3v) is 4.31. The molecule has 0 bridgehead atoms. The van der Waals surface area contributed by atoms with E-state index in [1.807, 2.05) is 6.07 Å². The zero-order valence-electron chi connectivity index (χ0n) is 10.4. The van der Waals surface area contributed by atoms with Crippen LogP contribution >= 0.6 is 0 Å². The molecule has 94 valence electrons. The summed E-state index contributed by atoms with van der Waals surface area (Å²) in [6.45, 7) is 3.02. The standard InChI is InChI=1S/C15H18N2O/c16-11-15(18)6-13-9-17(10-14(13)7-15)8-12-4-2-1-3-5-12/h1-5,13-14,18H,6-10H2/t13-,14+,15?. The van der Waals surface area contributed by atoms with E-state index >= 15 is 0 Å². The highest BCUT2D eigenvalue weighted by atomic mass is 16.3. The molecule has 2 fully saturated rings. The van der Waals surface area contributed by atoms with Gasteiger partial charge in [-0.15, -0.1) is 0 Å². The predicted octanol–water partition coefficient (Wildman–Crippen LogP) is 1.78. The summed E-state index contributed by atoms with van der Waals surface area (Å²) in [4.78, 5) is 2.45. The van der Waals surface area contributed by atoms with Crippen molar-refractivity contribution in [2.24, 2.45) is 11.8 Å². The quantitative estimate of drug-likeness (QED) is 0.804. The average Bonchev–Trinajstić information content (AvgIpc) is 2.85. The molecule has 1 aromatic carbocycles. The molecule has 1 saturated heterocycles. The van der Waals surface area contributed by atoms with Gasteiger partial charge in [0.05, 0.1) is 6.07 Å². The summed E-state index contributed by atoms with van der Waals surface area (Å²) < 4.78 is 0. The number of rotatable bonds is 2. The fourth-order valence-corrected chi connectivity index (χ4v) is 3.51. The minimum atomic E-state index is -1.05. The van der Waals surface area contributed by atoms with E-state index in [4.69, 9.17) is 5.26 Å². The molecule has 1 aliphatic carbocycles. The van der Waals surface area contributed by atoms with Gasteiger partial charge >= 0.3 is 0 Å². The summed E-state index contributed by atoms with van der Waals surface area (Å²) in [6.07, 6.45) is 1.30. The Morgan fingerprint density at radius 3 is 2.39 bits per heavy atom. The Labute approximate surface area is 108 Å². The Bertz CT molecular complexity index is 451. The van der Waals surface area contributed by atoms with E-state index in [1.54, 1.807) is 0 Å². The molecule has 18 heavy (non-hydrogen) atoms. The fraction of sp³-hybridized carbons (Fsp3) is 0.533. The number of hydrogen-bond acceptors (Lipinski definition) is 3. The van der Waals surface area contributed by atoms with E-state index in [0.717, 1.165) is 19.6 Å². The van der Waals surface area contributed by atoms with Crippen molar-refractivity contribution in [3.63, 3.8) is 0 Å². The first-order valence-electron chi connectivity index (χ1n) is 6.58. The molecule has 2 aliphatic rings. The smallest absolute Gasteiger partial charge is 0.151 e. The van der Waals surface area contributed by atoms with Gasteiger partial charge in [-0.1, -0.05) is 30.3 Å². The van der Waals surface area contributed by atoms with E-state index < -0.39 is 5.60 Å². The van der Waals surface area contributed by atoms with E-state index in [9.17, 15) is 5.11 Å². The average molecular weight is 242 g/mol. The number of fused-ring (bicyclic) bond motifs is 1. The van der Waals surface area contributed by atoms with Gasteiger partial charge in [0.2, 0.25) is 0 Å². The van der Waals surface area contributed by atoms with Crippen molar-refractivity contribution in [3.05, 3.63) is 35.9 Å². The molecule has 1 aromatic rings. The summed E-state index contributed by atoms with van der Waals surface area (Å²) in [7, 11) is 0. The maximum absolute atomic E-state index is 10.0. The number of likely N-dealkylation sites (tertiary alicyclic amines) is 1. The lowest BCUT2D eigenvalue weighted by atomic mass is 10.0. The molecule has 1 heterocycles. The molecule has 1 saturated carbocycles. The van der Waals surface area contributed by atoms with Gasteiger partial charge in [0.15, 0.2) is 5.60 Å². The SMILES string of the molecule is N#CC1(O)C[C@H]2CN(Cc3ccccc3)C[C@H]2C1. The number of nitriles is 1. The number of nitrogens with zero attached hydrogens (tertiary/aromatic N) is 2. The normalized spacial score (nSPS) is 35.3. The molecular weight excluding hydrogens is 224 g/mol. The van der Waals surface area contributed by atoms with E-state index in [0.29, 0.717) is 24.7 Å². The Hall–Kier alpha value is -1.37. The zero-order chi connectivity index (χ0) is 12.6. The van der Waals surface area contributed by atoms with Crippen LogP contribution in [0.15, 0.2) is 30.3 Å². The lowest BCUT2D eigenvalue weighted by Gasteiger charge is -2.20. The Morgan fingerprint density at radius 2 is 1.83 bits per heavy atom. The van der Waals surface area contributed by atoms with E-state index in [-0.39, 0.29) is 0 Å². The molecule has 0 amide bonds. The van der Waals surface area contributed by atoms with Crippen molar-refractivity contribution in [2.75, 3.05) is 13.1 Å². The first-order valence-corrected chi connectivity index (χ1v) is 6.58. The van der Waals surface area contributed by atoms with Gasteiger partial charge < -0.3 is 5.11 Å². The van der Waals surface area contributed by atoms with Gasteiger partial charge in [0.1, 0.15) is 0 Å². The first-order chi connectivity index (χ1) is 8.68. The van der Waals surface area contributed by atoms with Crippen LogP contribution in [-0.2, 0) is 6.54 Å². The van der Waals surface area contributed by atoms with Gasteiger partial charge in [-0.3, -0.25) is 4.90 Å². The zero-order valence-corrected chi connectivity index (χ0v) is 10.4. The maximum Gasteiger partial charge on any atom is 0.151 e. The second-order valence-electron chi connectivity index (χ2n) is 5.75. The highest BCUT2D eigenvalue weighted by molar-refractivity contribution is 5.16. The van der Waals surface area contributed by atoms with Crippen LogP contribution in [0, 0.1) is 23.2 Å². The van der Waals surface area contributed by atoms with Crippen molar-refractivity contribution in [1.82, 2.24) is 4.90 Å². The van der Waals surface area contributed by atoms with Crippen LogP contribution in [0.4, 0.5) is 0 Å². The highest BCUT2D eigenvalue weighted by Crippen LogP contribution is 2.43. The molecule has 1 unspecified atom stereocenters. The fourth-order valence-electron chi connectivity index (χ4n) is 3.51. The van der Waals surface area contributed by atoms with Crippen molar-refractivity contribution in [1.29, 1.82) is 5.26 Å². The van der Waals surface area contributed by atoms with Crippen LogP contribution in [0.1, 0.15) is 18.4 Å². The number of hydrogen-bond donors (Lipinski definition) is 1. The lowest BCUT2D eigenvalue weighted by molar-refractivity contribution is 0.0910. The van der Waals surface area contributed by atoms with Crippen LogP contribution < -0.4 is 0 Å². The second-order valence-corrected chi connectivity index (χ2v) is 5.75. The molecule has 1 aliphatic heterocycles. The number of benzene rings is 1. The second kappa shape index (κ2) is 4.38. The van der Waals surface area contributed by atoms with Gasteiger partial charge in [0.25, 0.3) is 0 Å². The molecule has 0 spiro atoms. The Morgan fingerprint density at radius 1 is 1.22 bits per heavy atom. The molecule has 1 N–H and O–H groups in total. The minimum absolute atomic E-state index is 0.498. The molecule has 3 nitrogen and oxygen atoms in total. The van der Waals surface area contributed by atoms with Crippen LogP contribution in [0.5, 0.6) is 0 Å². The van der Waals surface area contributed by atoms with Gasteiger partial charge in [0, 0.05) is 19.6 Å². The Balaban J connectivity index is 1.61. The van der Waals surface area contributed by atoms with Crippen molar-refractivity contribution < 1.29 is 5.11 Å². The third kappa shape index (κ3) is 2.14. The predicted molar refractivity (Wildman–Crippen MR) is 68.5 cm³/mol. The van der Waals surface area contributed by atoms with Crippen molar-refractivity contribution in [2.45, 2.75) is 25.0 Å². The maximum atomic E-state index is 10.0. The summed E-state index contributed by atoms with van der Waals surface area (Å²) >= 11 is 0. The van der Waals surface area contributed by atoms with Gasteiger partial charge in [-0.2, -0.15) is 5.26 Å². The monoisotopic (exact) mass is 242 g/mol. The minimum Gasteiger partial charge on any atom is -0.375 e. The summed E-state index contributed by atoms with van der Waals surface area (Å²) in [5.74, 6) is 0.997. The largest absolute Gasteiger partial charge is 0.375 e. The highest BCUT2D eigenvalue weighted by Gasteiger charge is 2.48. The van der Waals surface area contributed by atoms with Crippen LogP contribution in [-0.4, -0.2) is 28.7 Å². The lowest BCUT2D eigenvalue weighted by Crippen LogP contribution is -2.28. The van der Waals surface area contributed by atoms with E-state index in [1.165, 1.54) is 5.56 Å². The van der Waals surface area contributed by atoms with Crippen LogP contribution in [0.25, 0.3) is 0 Å². The van der Waals surface area contributed by atoms with E-state index in [2.05, 4.69) is 35.2 Å². The molecular formula is C15H18N2O. The van der Waals surface area contributed by atoms with Crippen molar-refractivity contribution in [3.8, 4) is 6.07 Å². The molecule has 3 heteroatoms. The number of aliphatic hydroxyl groups is 1. The topological polar surface area (TPSA) is 47.3 Å². The van der Waals surface area contributed by atoms with Gasteiger partial charge in [-0.25, -0.2) is 0 Å². The summed E-state index contributed by atoms with van der Waals surface area (Å²) in [6, 6.07) is 12.6. The first kappa shape index (κ1) is 11.7. The van der Waals surface area contributed by atoms with Crippen molar-refractivity contribution >= 4 is 0 Å².